The Morgan fingerprint density at radius 1 is 1.29 bits per heavy atom. The summed E-state index contributed by atoms with van der Waals surface area (Å²) in [6.07, 6.45) is 4.68. The minimum Gasteiger partial charge on any atom is -0.391 e. The van der Waals surface area contributed by atoms with Gasteiger partial charge < -0.3 is 20.2 Å². The van der Waals surface area contributed by atoms with E-state index in [9.17, 15) is 14.7 Å². The highest BCUT2D eigenvalue weighted by Gasteiger charge is 2.45. The molecular formula is C22H38N6O3. The zero-order valence-electron chi connectivity index (χ0n) is 19.5. The Hall–Kier alpha value is -2.00. The van der Waals surface area contributed by atoms with E-state index in [4.69, 9.17) is 0 Å². The molecule has 2 amide bonds. The number of likely N-dealkylation sites (tertiary alicyclic amines) is 2. The van der Waals surface area contributed by atoms with Crippen molar-refractivity contribution in [2.24, 2.45) is 11.3 Å². The van der Waals surface area contributed by atoms with Crippen LogP contribution in [0, 0.1) is 11.3 Å². The molecule has 0 radical (unpaired) electrons. The van der Waals surface area contributed by atoms with Gasteiger partial charge in [-0.15, -0.1) is 5.10 Å². The summed E-state index contributed by atoms with van der Waals surface area (Å²) in [5.41, 5.74) is 0.427. The summed E-state index contributed by atoms with van der Waals surface area (Å²) < 4.78 is 1.64. The van der Waals surface area contributed by atoms with E-state index in [1.807, 2.05) is 27.0 Å². The SMILES string of the molecule is CNC(=O)[C@H]1CC(O)CN1C(=O)C(n1cc(CCN2CCC(C)CC2)nn1)C(C)(C)C. The van der Waals surface area contributed by atoms with Crippen LogP contribution in [0.25, 0.3) is 0 Å². The third-order valence-electron chi connectivity index (χ3n) is 6.55. The zero-order chi connectivity index (χ0) is 22.8. The number of hydrogen-bond acceptors (Lipinski definition) is 6. The Bertz CT molecular complexity index is 766. The van der Waals surface area contributed by atoms with Crippen molar-refractivity contribution in [3.05, 3.63) is 11.9 Å². The first-order valence-electron chi connectivity index (χ1n) is 11.4. The van der Waals surface area contributed by atoms with Crippen molar-refractivity contribution in [2.45, 2.75) is 71.6 Å². The maximum absolute atomic E-state index is 13.6. The molecule has 0 spiro atoms. The highest BCUT2D eigenvalue weighted by molar-refractivity contribution is 5.90. The van der Waals surface area contributed by atoms with Gasteiger partial charge in [-0.3, -0.25) is 9.59 Å². The molecule has 1 aromatic heterocycles. The Morgan fingerprint density at radius 3 is 2.58 bits per heavy atom. The number of hydrogen-bond donors (Lipinski definition) is 2. The fourth-order valence-electron chi connectivity index (χ4n) is 4.62. The second kappa shape index (κ2) is 9.65. The summed E-state index contributed by atoms with van der Waals surface area (Å²) >= 11 is 0. The largest absolute Gasteiger partial charge is 0.391 e. The Balaban J connectivity index is 1.73. The molecule has 2 aliphatic heterocycles. The van der Waals surface area contributed by atoms with Crippen molar-refractivity contribution >= 4 is 11.8 Å². The number of carbonyl (C=O) groups excluding carboxylic acids is 2. The molecule has 3 heterocycles. The van der Waals surface area contributed by atoms with Crippen molar-refractivity contribution in [1.82, 2.24) is 30.1 Å². The fraction of sp³-hybridized carbons (Fsp3) is 0.818. The van der Waals surface area contributed by atoms with Gasteiger partial charge in [0, 0.05) is 39.2 Å². The second-order valence-electron chi connectivity index (χ2n) is 10.2. The minimum absolute atomic E-state index is 0.151. The van der Waals surface area contributed by atoms with Crippen molar-refractivity contribution in [1.29, 1.82) is 0 Å². The molecule has 2 aliphatic rings. The summed E-state index contributed by atoms with van der Waals surface area (Å²) in [5, 5.41) is 21.3. The van der Waals surface area contributed by atoms with Gasteiger partial charge in [-0.2, -0.15) is 0 Å². The number of aliphatic hydroxyl groups is 1. The van der Waals surface area contributed by atoms with Crippen LogP contribution in [0.15, 0.2) is 6.20 Å². The van der Waals surface area contributed by atoms with Gasteiger partial charge in [0.25, 0.3) is 0 Å². The zero-order valence-corrected chi connectivity index (χ0v) is 19.5. The third kappa shape index (κ3) is 5.63. The number of rotatable bonds is 6. The van der Waals surface area contributed by atoms with Crippen molar-refractivity contribution < 1.29 is 14.7 Å². The van der Waals surface area contributed by atoms with E-state index in [1.54, 1.807) is 11.7 Å². The number of amides is 2. The van der Waals surface area contributed by atoms with Gasteiger partial charge in [-0.25, -0.2) is 4.68 Å². The van der Waals surface area contributed by atoms with Crippen LogP contribution in [0.2, 0.25) is 0 Å². The average molecular weight is 435 g/mol. The molecule has 3 rings (SSSR count). The quantitative estimate of drug-likeness (QED) is 0.688. The number of likely N-dealkylation sites (N-methyl/N-ethyl adjacent to an activating group) is 1. The molecule has 0 bridgehead atoms. The molecule has 0 saturated carbocycles. The third-order valence-corrected chi connectivity index (χ3v) is 6.55. The molecule has 3 atom stereocenters. The van der Waals surface area contributed by atoms with Gasteiger partial charge in [-0.05, 0) is 37.3 Å². The lowest BCUT2D eigenvalue weighted by atomic mass is 9.85. The van der Waals surface area contributed by atoms with Crippen LogP contribution >= 0.6 is 0 Å². The van der Waals surface area contributed by atoms with Crippen LogP contribution in [-0.2, 0) is 16.0 Å². The number of nitrogens with zero attached hydrogens (tertiary/aromatic N) is 5. The monoisotopic (exact) mass is 434 g/mol. The molecule has 9 heteroatoms. The molecule has 2 unspecified atom stereocenters. The molecule has 2 saturated heterocycles. The topological polar surface area (TPSA) is 104 Å². The first kappa shape index (κ1) is 23.7. The van der Waals surface area contributed by atoms with E-state index in [-0.39, 0.29) is 24.8 Å². The van der Waals surface area contributed by atoms with E-state index in [0.717, 1.165) is 37.7 Å². The lowest BCUT2D eigenvalue weighted by Gasteiger charge is -2.34. The minimum atomic E-state index is -0.703. The molecule has 174 valence electrons. The highest BCUT2D eigenvalue weighted by atomic mass is 16.3. The first-order chi connectivity index (χ1) is 14.6. The number of β-amino-alcohol motifs (C(OH)–C–C–N with tert-alkyl or cyclic N) is 1. The van der Waals surface area contributed by atoms with Crippen LogP contribution < -0.4 is 5.32 Å². The fourth-order valence-corrected chi connectivity index (χ4v) is 4.62. The number of aromatic nitrogens is 3. The van der Waals surface area contributed by atoms with E-state index in [1.165, 1.54) is 17.7 Å². The van der Waals surface area contributed by atoms with Crippen LogP contribution in [-0.4, -0.2) is 87.1 Å². The van der Waals surface area contributed by atoms with Gasteiger partial charge in [0.1, 0.15) is 12.1 Å². The van der Waals surface area contributed by atoms with Crippen molar-refractivity contribution in [2.75, 3.05) is 33.2 Å². The van der Waals surface area contributed by atoms with Gasteiger partial charge >= 0.3 is 0 Å². The first-order valence-corrected chi connectivity index (χ1v) is 11.4. The Kier molecular flexibility index (Phi) is 7.36. The molecule has 2 N–H and O–H groups in total. The molecule has 9 nitrogen and oxygen atoms in total. The maximum atomic E-state index is 13.6. The normalized spacial score (nSPS) is 24.4. The van der Waals surface area contributed by atoms with E-state index in [2.05, 4.69) is 27.5 Å². The molecular weight excluding hydrogens is 396 g/mol. The number of nitrogens with one attached hydrogen (secondary N) is 1. The van der Waals surface area contributed by atoms with Gasteiger partial charge in [0.2, 0.25) is 11.8 Å². The molecule has 0 aliphatic carbocycles. The summed E-state index contributed by atoms with van der Waals surface area (Å²) in [5.74, 6) is 0.338. The molecule has 1 aromatic rings. The lowest BCUT2D eigenvalue weighted by molar-refractivity contribution is -0.144. The molecule has 31 heavy (non-hydrogen) atoms. The van der Waals surface area contributed by atoms with Gasteiger partial charge in [0.05, 0.1) is 11.8 Å². The summed E-state index contributed by atoms with van der Waals surface area (Å²) in [6.45, 7) is 11.6. The maximum Gasteiger partial charge on any atom is 0.248 e. The van der Waals surface area contributed by atoms with Crippen LogP contribution in [0.1, 0.15) is 58.7 Å². The average Bonchev–Trinajstić information content (AvgIpc) is 3.32. The van der Waals surface area contributed by atoms with E-state index in [0.29, 0.717) is 0 Å². The summed E-state index contributed by atoms with van der Waals surface area (Å²) in [7, 11) is 1.55. The Morgan fingerprint density at radius 2 is 1.97 bits per heavy atom. The predicted octanol–water partition coefficient (Wildman–Crippen LogP) is 0.848. The molecule has 2 fully saturated rings. The summed E-state index contributed by atoms with van der Waals surface area (Å²) in [4.78, 5) is 29.8. The predicted molar refractivity (Wildman–Crippen MR) is 117 cm³/mol. The lowest BCUT2D eigenvalue weighted by Crippen LogP contribution is -2.49. The van der Waals surface area contributed by atoms with Gasteiger partial charge in [-0.1, -0.05) is 32.9 Å². The summed E-state index contributed by atoms with van der Waals surface area (Å²) in [6, 6.07) is -1.27. The van der Waals surface area contributed by atoms with Gasteiger partial charge in [0.15, 0.2) is 0 Å². The number of carbonyl (C=O) groups is 2. The van der Waals surface area contributed by atoms with E-state index < -0.39 is 23.6 Å². The number of piperidine rings is 1. The standard InChI is InChI=1S/C22H38N6O3/c1-15-6-9-26(10-7-15)11-8-16-13-28(25-24-16)19(22(2,3)4)21(31)27-14-17(29)12-18(27)20(30)23-5/h13,15,17-19,29H,6-12,14H2,1-5H3,(H,23,30)/t17?,18-,19?/m1/s1. The number of aliphatic hydroxyl groups excluding tert-OH is 1. The van der Waals surface area contributed by atoms with Crippen molar-refractivity contribution in [3.8, 4) is 0 Å². The van der Waals surface area contributed by atoms with Crippen LogP contribution in [0.4, 0.5) is 0 Å². The van der Waals surface area contributed by atoms with Crippen LogP contribution in [0.5, 0.6) is 0 Å². The van der Waals surface area contributed by atoms with Crippen molar-refractivity contribution in [3.63, 3.8) is 0 Å². The molecule has 0 aromatic carbocycles. The smallest absolute Gasteiger partial charge is 0.248 e. The highest BCUT2D eigenvalue weighted by Crippen LogP contribution is 2.34. The van der Waals surface area contributed by atoms with E-state index >= 15 is 0 Å². The van der Waals surface area contributed by atoms with Crippen LogP contribution in [0.3, 0.4) is 0 Å². The Labute approximate surface area is 185 Å². The second-order valence-corrected chi connectivity index (χ2v) is 10.2.